The van der Waals surface area contributed by atoms with Crippen molar-refractivity contribution in [1.82, 2.24) is 0 Å². The molecule has 0 unspecified atom stereocenters. The van der Waals surface area contributed by atoms with Crippen molar-refractivity contribution >= 4 is 9.45 Å². The Morgan fingerprint density at radius 1 is 0.808 bits per heavy atom. The molecule has 0 saturated heterocycles. The zero-order valence-electron chi connectivity index (χ0n) is 17.2. The van der Waals surface area contributed by atoms with Gasteiger partial charge in [-0.15, -0.1) is 11.7 Å². The molecule has 0 radical (unpaired) electrons. The van der Waals surface area contributed by atoms with E-state index >= 15 is 11.7 Å². The van der Waals surface area contributed by atoms with E-state index in [1.807, 2.05) is 48.5 Å². The lowest BCUT2D eigenvalue weighted by Crippen LogP contribution is -2.32. The van der Waals surface area contributed by atoms with Gasteiger partial charge in [-0.2, -0.15) is 0 Å². The molecule has 6 heteroatoms. The summed E-state index contributed by atoms with van der Waals surface area (Å²) in [7, 11) is -7.23. The van der Waals surface area contributed by atoms with Crippen molar-refractivity contribution in [2.45, 2.75) is 58.8 Å². The first-order valence-corrected chi connectivity index (χ1v) is 11.6. The summed E-state index contributed by atoms with van der Waals surface area (Å²) in [6, 6.07) is 5.52. The molecule has 0 bridgehead atoms. The van der Waals surface area contributed by atoms with E-state index in [1.165, 1.54) is 12.1 Å². The van der Waals surface area contributed by atoms with Gasteiger partial charge in [0.05, 0.1) is 18.1 Å². The van der Waals surface area contributed by atoms with Gasteiger partial charge >= 0.3 is 0 Å². The lowest BCUT2D eigenvalue weighted by Gasteiger charge is -2.56. The third-order valence-corrected chi connectivity index (χ3v) is 6.85. The quantitative estimate of drug-likeness (QED) is 0.442. The molecule has 0 saturated carbocycles. The lowest BCUT2D eigenvalue weighted by atomic mass is 9.87. The van der Waals surface area contributed by atoms with Gasteiger partial charge in [0.1, 0.15) is 21.3 Å². The third kappa shape index (κ3) is 6.17. The van der Waals surface area contributed by atoms with Gasteiger partial charge in [-0.1, -0.05) is 60.6 Å². The van der Waals surface area contributed by atoms with Crippen LogP contribution in [0.2, 0.25) is 0 Å². The topological polar surface area (TPSA) is 18.5 Å². The highest BCUT2D eigenvalue weighted by Gasteiger charge is 2.65. The summed E-state index contributed by atoms with van der Waals surface area (Å²) in [5, 5.41) is 0. The monoisotopic (exact) mass is 396 g/mol. The first kappa shape index (κ1) is 23.3. The van der Waals surface area contributed by atoms with Crippen molar-refractivity contribution in [1.29, 1.82) is 0 Å². The standard InChI is InChI=1S/C20H35F3O2S/c1-16(2)12-24-14-26(21,22,23,15-25-13-17(3)4)19-10-8-18(9-11-19)20(5,6)7/h8-11,16-17H,12-15H2,1-7H3. The van der Waals surface area contributed by atoms with Crippen LogP contribution in [-0.4, -0.2) is 25.1 Å². The second kappa shape index (κ2) is 7.36. The van der Waals surface area contributed by atoms with E-state index in [-0.39, 0.29) is 30.5 Å². The highest BCUT2D eigenvalue weighted by molar-refractivity contribution is 8.53. The summed E-state index contributed by atoms with van der Waals surface area (Å²) < 4.78 is 57.5. The van der Waals surface area contributed by atoms with Crippen LogP contribution in [0, 0.1) is 11.8 Å². The van der Waals surface area contributed by atoms with Crippen LogP contribution in [0.15, 0.2) is 29.2 Å². The summed E-state index contributed by atoms with van der Waals surface area (Å²) in [6.45, 7) is 13.4. The summed E-state index contributed by atoms with van der Waals surface area (Å²) in [5.74, 6) is -2.44. The van der Waals surface area contributed by atoms with Crippen molar-refractivity contribution in [3.8, 4) is 0 Å². The lowest BCUT2D eigenvalue weighted by molar-refractivity contribution is 0.111. The number of benzene rings is 1. The van der Waals surface area contributed by atoms with Crippen molar-refractivity contribution in [3.05, 3.63) is 29.8 Å². The smallest absolute Gasteiger partial charge is 0.139 e. The van der Waals surface area contributed by atoms with E-state index in [1.54, 1.807) is 12.1 Å². The van der Waals surface area contributed by atoms with Crippen LogP contribution in [0.1, 0.15) is 54.0 Å². The first-order valence-electron chi connectivity index (χ1n) is 9.10. The number of halogens is 3. The van der Waals surface area contributed by atoms with Crippen LogP contribution in [0.5, 0.6) is 0 Å². The van der Waals surface area contributed by atoms with Crippen molar-refractivity contribution in [2.24, 2.45) is 11.8 Å². The van der Waals surface area contributed by atoms with Crippen LogP contribution in [0.4, 0.5) is 11.7 Å². The van der Waals surface area contributed by atoms with Gasteiger partial charge in [-0.25, -0.2) is 0 Å². The van der Waals surface area contributed by atoms with Crippen LogP contribution in [0.25, 0.3) is 0 Å². The highest BCUT2D eigenvalue weighted by atomic mass is 32.4. The van der Waals surface area contributed by atoms with Crippen LogP contribution in [-0.2, 0) is 14.9 Å². The third-order valence-electron chi connectivity index (χ3n) is 3.94. The largest absolute Gasteiger partial charge is 0.366 e. The van der Waals surface area contributed by atoms with Crippen LogP contribution >= 0.6 is 9.45 Å². The van der Waals surface area contributed by atoms with Gasteiger partial charge in [-0.3, -0.25) is 0 Å². The van der Waals surface area contributed by atoms with E-state index in [9.17, 15) is 0 Å². The van der Waals surface area contributed by atoms with Gasteiger partial charge in [0.25, 0.3) is 0 Å². The molecule has 2 nitrogen and oxygen atoms in total. The molecule has 0 fully saturated rings. The molecule has 1 aromatic rings. The van der Waals surface area contributed by atoms with Crippen molar-refractivity contribution < 1.29 is 21.1 Å². The minimum Gasteiger partial charge on any atom is -0.366 e. The maximum Gasteiger partial charge on any atom is 0.139 e. The van der Waals surface area contributed by atoms with Gasteiger partial charge < -0.3 is 9.47 Å². The fraction of sp³-hybridized carbons (Fsp3) is 0.700. The Hall–Kier alpha value is -0.720. The van der Waals surface area contributed by atoms with Crippen molar-refractivity contribution in [3.63, 3.8) is 0 Å². The fourth-order valence-corrected chi connectivity index (χ4v) is 4.57. The summed E-state index contributed by atoms with van der Waals surface area (Å²) >= 11 is 0. The molecule has 0 aliphatic heterocycles. The van der Waals surface area contributed by atoms with Crippen molar-refractivity contribution in [2.75, 3.05) is 25.1 Å². The van der Waals surface area contributed by atoms with Gasteiger partial charge in [-0.05, 0) is 34.9 Å². The Balaban J connectivity index is 3.25. The van der Waals surface area contributed by atoms with E-state index in [4.69, 9.17) is 9.47 Å². The number of ether oxygens (including phenoxy) is 2. The molecule has 0 heterocycles. The Bertz CT molecular complexity index is 575. The molecule has 154 valence electrons. The Kier molecular flexibility index (Phi) is 6.60. The van der Waals surface area contributed by atoms with E-state index in [0.717, 1.165) is 5.56 Å². The molecule has 0 N–H and O–H groups in total. The van der Waals surface area contributed by atoms with E-state index in [0.29, 0.717) is 0 Å². The fourth-order valence-electron chi connectivity index (χ4n) is 2.43. The molecule has 1 rings (SSSR count). The molecule has 0 aliphatic rings. The minimum atomic E-state index is -7.23. The molecule has 26 heavy (non-hydrogen) atoms. The summed E-state index contributed by atoms with van der Waals surface area (Å²) in [6.07, 6.45) is 0. The molecule has 0 aromatic heterocycles. The molecular weight excluding hydrogens is 361 g/mol. The second-order valence-electron chi connectivity index (χ2n) is 9.09. The molecule has 0 amide bonds. The first-order chi connectivity index (χ1) is 11.6. The highest BCUT2D eigenvalue weighted by Crippen LogP contribution is 2.98. The van der Waals surface area contributed by atoms with Gasteiger partial charge in [0.2, 0.25) is 0 Å². The van der Waals surface area contributed by atoms with E-state index in [2.05, 4.69) is 0 Å². The number of hydrogen-bond acceptors (Lipinski definition) is 2. The van der Waals surface area contributed by atoms with Crippen LogP contribution in [0.3, 0.4) is 0 Å². The summed E-state index contributed by atoms with van der Waals surface area (Å²) in [4.78, 5) is -0.620. The number of rotatable bonds is 9. The van der Waals surface area contributed by atoms with Gasteiger partial charge in [0.15, 0.2) is 0 Å². The Labute approximate surface area is 156 Å². The predicted octanol–water partition coefficient (Wildman–Crippen LogP) is 7.13. The number of hydrogen-bond donors (Lipinski definition) is 0. The molecule has 0 atom stereocenters. The molecular formula is C20H35F3O2S. The second-order valence-corrected chi connectivity index (χ2v) is 13.1. The Morgan fingerprint density at radius 2 is 1.19 bits per heavy atom. The SMILES string of the molecule is CC(C)COCS(F)(F)(F)(COCC(C)C)c1ccc(C(C)(C)C)cc1. The zero-order valence-corrected chi connectivity index (χ0v) is 18.0. The average Bonchev–Trinajstić information content (AvgIpc) is 2.45. The van der Waals surface area contributed by atoms with E-state index < -0.39 is 26.2 Å². The summed E-state index contributed by atoms with van der Waals surface area (Å²) in [5.41, 5.74) is 0.666. The molecule has 1 aromatic carbocycles. The maximum absolute atomic E-state index is 15.8. The zero-order chi connectivity index (χ0) is 20.3. The minimum absolute atomic E-state index is 0.0386. The van der Waals surface area contributed by atoms with Gasteiger partial charge in [0, 0.05) is 0 Å². The molecule has 0 spiro atoms. The molecule has 0 aliphatic carbocycles. The van der Waals surface area contributed by atoms with Crippen LogP contribution < -0.4 is 0 Å². The average molecular weight is 397 g/mol. The predicted molar refractivity (Wildman–Crippen MR) is 106 cm³/mol. The normalized spacial score (nSPS) is 16.0. The maximum atomic E-state index is 15.8. The Morgan fingerprint density at radius 3 is 1.50 bits per heavy atom.